The molecule has 0 N–H and O–H groups in total. The molecule has 0 nitrogen and oxygen atoms in total. The summed E-state index contributed by atoms with van der Waals surface area (Å²) in [6.07, 6.45) is 0. The predicted octanol–water partition coefficient (Wildman–Crippen LogP) is 7.66. The second kappa shape index (κ2) is 8.31. The first-order chi connectivity index (χ1) is 12.9. The SMILES string of the molecule is c1ccc(Sc2ccc(Sc3ccccc3-c3ccccc3)cc2)cc1. The fourth-order valence-electron chi connectivity index (χ4n) is 2.74. The smallest absolute Gasteiger partial charge is 0.0200 e. The normalized spacial score (nSPS) is 10.6. The zero-order valence-corrected chi connectivity index (χ0v) is 15.8. The van der Waals surface area contributed by atoms with Crippen LogP contribution in [0.15, 0.2) is 129 Å². The average molecular weight is 371 g/mol. The van der Waals surface area contributed by atoms with E-state index >= 15 is 0 Å². The molecule has 0 spiro atoms. The molecule has 0 saturated carbocycles. The number of hydrogen-bond acceptors (Lipinski definition) is 2. The Hall–Kier alpha value is -2.42. The molecule has 0 aliphatic carbocycles. The van der Waals surface area contributed by atoms with Crippen molar-refractivity contribution in [1.82, 2.24) is 0 Å². The summed E-state index contributed by atoms with van der Waals surface area (Å²) in [6.45, 7) is 0. The molecule has 26 heavy (non-hydrogen) atoms. The first kappa shape index (κ1) is 17.0. The van der Waals surface area contributed by atoms with Gasteiger partial charge in [0, 0.05) is 19.6 Å². The van der Waals surface area contributed by atoms with Gasteiger partial charge in [-0.2, -0.15) is 0 Å². The minimum atomic E-state index is 1.26. The Bertz CT molecular complexity index is 962. The van der Waals surface area contributed by atoms with E-state index in [9.17, 15) is 0 Å². The molecule has 0 bridgehead atoms. The van der Waals surface area contributed by atoms with Crippen LogP contribution in [0, 0.1) is 0 Å². The largest absolute Gasteiger partial charge is 0.0901 e. The monoisotopic (exact) mass is 370 g/mol. The molecule has 0 saturated heterocycles. The van der Waals surface area contributed by atoms with Gasteiger partial charge in [0.2, 0.25) is 0 Å². The highest BCUT2D eigenvalue weighted by Gasteiger charge is 2.06. The van der Waals surface area contributed by atoms with Crippen molar-refractivity contribution in [3.05, 3.63) is 109 Å². The van der Waals surface area contributed by atoms with Crippen molar-refractivity contribution in [3.63, 3.8) is 0 Å². The second-order valence-electron chi connectivity index (χ2n) is 5.85. The summed E-state index contributed by atoms with van der Waals surface area (Å²) >= 11 is 3.61. The molecule has 4 aromatic carbocycles. The third kappa shape index (κ3) is 4.21. The standard InChI is InChI=1S/C24H18S2/c1-3-9-19(10-4-1)23-13-7-8-14-24(23)26-22-17-15-21(16-18-22)25-20-11-5-2-6-12-20/h1-18H. The molecule has 0 amide bonds. The van der Waals surface area contributed by atoms with E-state index in [1.165, 1.54) is 30.7 Å². The summed E-state index contributed by atoms with van der Waals surface area (Å²) < 4.78 is 0. The van der Waals surface area contributed by atoms with Crippen molar-refractivity contribution in [1.29, 1.82) is 0 Å². The van der Waals surface area contributed by atoms with Gasteiger partial charge in [0.15, 0.2) is 0 Å². The molecule has 126 valence electrons. The number of rotatable bonds is 5. The van der Waals surface area contributed by atoms with Gasteiger partial charge in [-0.15, -0.1) is 0 Å². The van der Waals surface area contributed by atoms with Crippen LogP contribution in [0.25, 0.3) is 11.1 Å². The first-order valence-corrected chi connectivity index (χ1v) is 10.2. The summed E-state index contributed by atoms with van der Waals surface area (Å²) in [5, 5.41) is 0. The van der Waals surface area contributed by atoms with Gasteiger partial charge >= 0.3 is 0 Å². The zero-order valence-electron chi connectivity index (χ0n) is 14.2. The van der Waals surface area contributed by atoms with Crippen molar-refractivity contribution in [2.75, 3.05) is 0 Å². The fraction of sp³-hybridized carbons (Fsp3) is 0. The number of benzene rings is 4. The van der Waals surface area contributed by atoms with Crippen LogP contribution in [0.1, 0.15) is 0 Å². The summed E-state index contributed by atoms with van der Waals surface area (Å²) in [5.41, 5.74) is 2.53. The lowest BCUT2D eigenvalue weighted by atomic mass is 10.1. The van der Waals surface area contributed by atoms with E-state index in [-0.39, 0.29) is 0 Å². The molecule has 0 unspecified atom stereocenters. The van der Waals surface area contributed by atoms with E-state index in [2.05, 4.69) is 103 Å². The Balaban J connectivity index is 1.53. The molecule has 4 aromatic rings. The third-order valence-electron chi connectivity index (χ3n) is 4.00. The van der Waals surface area contributed by atoms with Crippen LogP contribution >= 0.6 is 23.5 Å². The average Bonchev–Trinajstić information content (AvgIpc) is 2.71. The molecule has 0 fully saturated rings. The Kier molecular flexibility index (Phi) is 5.44. The zero-order chi connectivity index (χ0) is 17.6. The van der Waals surface area contributed by atoms with Gasteiger partial charge in [-0.05, 0) is 53.6 Å². The predicted molar refractivity (Wildman–Crippen MR) is 113 cm³/mol. The van der Waals surface area contributed by atoms with Gasteiger partial charge in [0.05, 0.1) is 0 Å². The molecule has 0 heterocycles. The lowest BCUT2D eigenvalue weighted by Gasteiger charge is -2.10. The Morgan fingerprint density at radius 3 is 1.58 bits per heavy atom. The van der Waals surface area contributed by atoms with Crippen LogP contribution in [-0.4, -0.2) is 0 Å². The van der Waals surface area contributed by atoms with Crippen LogP contribution < -0.4 is 0 Å². The Labute approximate surface area is 163 Å². The Morgan fingerprint density at radius 1 is 0.385 bits per heavy atom. The maximum absolute atomic E-state index is 2.21. The minimum absolute atomic E-state index is 1.26. The van der Waals surface area contributed by atoms with Gasteiger partial charge in [0.1, 0.15) is 0 Å². The van der Waals surface area contributed by atoms with Gasteiger partial charge in [-0.25, -0.2) is 0 Å². The maximum Gasteiger partial charge on any atom is 0.0200 e. The third-order valence-corrected chi connectivity index (χ3v) is 6.10. The molecule has 0 aromatic heterocycles. The van der Waals surface area contributed by atoms with Crippen LogP contribution in [0.3, 0.4) is 0 Å². The van der Waals surface area contributed by atoms with Crippen molar-refractivity contribution < 1.29 is 0 Å². The summed E-state index contributed by atoms with van der Waals surface area (Å²) in [6, 6.07) is 38.5. The fourth-order valence-corrected chi connectivity index (χ4v) is 4.55. The highest BCUT2D eigenvalue weighted by atomic mass is 32.2. The van der Waals surface area contributed by atoms with Crippen LogP contribution in [0.2, 0.25) is 0 Å². The van der Waals surface area contributed by atoms with E-state index in [1.807, 2.05) is 17.8 Å². The van der Waals surface area contributed by atoms with E-state index < -0.39 is 0 Å². The van der Waals surface area contributed by atoms with Crippen molar-refractivity contribution in [2.24, 2.45) is 0 Å². The highest BCUT2D eigenvalue weighted by Crippen LogP contribution is 2.37. The van der Waals surface area contributed by atoms with Crippen LogP contribution in [0.5, 0.6) is 0 Å². The summed E-state index contributed by atoms with van der Waals surface area (Å²) in [4.78, 5) is 5.06. The molecule has 0 atom stereocenters. The second-order valence-corrected chi connectivity index (χ2v) is 8.11. The molecule has 0 aliphatic rings. The van der Waals surface area contributed by atoms with Crippen LogP contribution in [0.4, 0.5) is 0 Å². The molecule has 2 heteroatoms. The molecule has 0 aliphatic heterocycles. The maximum atomic E-state index is 2.21. The lowest BCUT2D eigenvalue weighted by molar-refractivity contribution is 1.33. The van der Waals surface area contributed by atoms with Gasteiger partial charge in [-0.3, -0.25) is 0 Å². The molecule has 4 rings (SSSR count). The molecular weight excluding hydrogens is 352 g/mol. The number of hydrogen-bond donors (Lipinski definition) is 0. The quantitative estimate of drug-likeness (QED) is 0.354. The summed E-state index contributed by atoms with van der Waals surface area (Å²) in [7, 11) is 0. The minimum Gasteiger partial charge on any atom is -0.0901 e. The van der Waals surface area contributed by atoms with Crippen LogP contribution in [-0.2, 0) is 0 Å². The van der Waals surface area contributed by atoms with E-state index in [0.717, 1.165) is 0 Å². The Morgan fingerprint density at radius 2 is 0.885 bits per heavy atom. The van der Waals surface area contributed by atoms with E-state index in [4.69, 9.17) is 0 Å². The highest BCUT2D eigenvalue weighted by molar-refractivity contribution is 7.99. The van der Waals surface area contributed by atoms with Gasteiger partial charge < -0.3 is 0 Å². The van der Waals surface area contributed by atoms with Crippen molar-refractivity contribution >= 4 is 23.5 Å². The van der Waals surface area contributed by atoms with E-state index in [0.29, 0.717) is 0 Å². The first-order valence-electron chi connectivity index (χ1n) is 8.54. The lowest BCUT2D eigenvalue weighted by Crippen LogP contribution is -1.82. The topological polar surface area (TPSA) is 0 Å². The van der Waals surface area contributed by atoms with Gasteiger partial charge in [0.25, 0.3) is 0 Å². The van der Waals surface area contributed by atoms with Crippen molar-refractivity contribution in [2.45, 2.75) is 19.6 Å². The molecular formula is C24H18S2. The van der Waals surface area contributed by atoms with Crippen molar-refractivity contribution in [3.8, 4) is 11.1 Å². The van der Waals surface area contributed by atoms with E-state index in [1.54, 1.807) is 11.8 Å². The molecule has 0 radical (unpaired) electrons. The van der Waals surface area contributed by atoms with Gasteiger partial charge in [-0.1, -0.05) is 90.3 Å². The summed E-state index contributed by atoms with van der Waals surface area (Å²) in [5.74, 6) is 0.